The molecule has 1 saturated carbocycles. The molecule has 2 nitrogen and oxygen atoms in total. The van der Waals surface area contributed by atoms with E-state index in [0.717, 1.165) is 24.3 Å². The molecule has 23 heavy (non-hydrogen) atoms. The van der Waals surface area contributed by atoms with E-state index in [4.69, 9.17) is 11.6 Å². The van der Waals surface area contributed by atoms with Gasteiger partial charge in [-0.2, -0.15) is 0 Å². The lowest BCUT2D eigenvalue weighted by molar-refractivity contribution is -0.125. The van der Waals surface area contributed by atoms with Gasteiger partial charge in [-0.15, -0.1) is 0 Å². The van der Waals surface area contributed by atoms with Crippen LogP contribution in [-0.2, 0) is 4.79 Å². The van der Waals surface area contributed by atoms with E-state index >= 15 is 0 Å². The molecule has 0 bridgehead atoms. The Bertz CT molecular complexity index is 564. The van der Waals surface area contributed by atoms with Crippen LogP contribution >= 0.6 is 11.6 Å². The SMILES string of the molecule is CCCCC1CCC(C(=O)NCC#Cc2cccc(Cl)c2)CC1. The molecule has 0 radical (unpaired) electrons. The van der Waals surface area contributed by atoms with Gasteiger partial charge in [0.15, 0.2) is 0 Å². The molecule has 0 atom stereocenters. The van der Waals surface area contributed by atoms with Crippen molar-refractivity contribution in [3.8, 4) is 11.8 Å². The Morgan fingerprint density at radius 1 is 1.30 bits per heavy atom. The van der Waals surface area contributed by atoms with Crippen LogP contribution in [-0.4, -0.2) is 12.5 Å². The van der Waals surface area contributed by atoms with E-state index < -0.39 is 0 Å². The van der Waals surface area contributed by atoms with Gasteiger partial charge in [-0.1, -0.05) is 55.7 Å². The first-order chi connectivity index (χ1) is 11.2. The maximum Gasteiger partial charge on any atom is 0.223 e. The van der Waals surface area contributed by atoms with Crippen LogP contribution in [0.25, 0.3) is 0 Å². The summed E-state index contributed by atoms with van der Waals surface area (Å²) >= 11 is 5.92. The number of hydrogen-bond donors (Lipinski definition) is 1. The van der Waals surface area contributed by atoms with E-state index in [1.165, 1.54) is 32.1 Å². The van der Waals surface area contributed by atoms with E-state index in [0.29, 0.717) is 11.6 Å². The first kappa shape index (κ1) is 17.9. The molecule has 0 spiro atoms. The van der Waals surface area contributed by atoms with Crippen LogP contribution in [0.4, 0.5) is 0 Å². The minimum atomic E-state index is 0.166. The van der Waals surface area contributed by atoms with Crippen molar-refractivity contribution in [3.63, 3.8) is 0 Å². The normalized spacial score (nSPS) is 20.4. The largest absolute Gasteiger partial charge is 0.345 e. The highest BCUT2D eigenvalue weighted by Crippen LogP contribution is 2.31. The Morgan fingerprint density at radius 3 is 2.78 bits per heavy atom. The van der Waals surface area contributed by atoms with Gasteiger partial charge in [0.25, 0.3) is 0 Å². The van der Waals surface area contributed by atoms with Gasteiger partial charge < -0.3 is 5.32 Å². The summed E-state index contributed by atoms with van der Waals surface area (Å²) in [6, 6.07) is 7.44. The maximum atomic E-state index is 12.2. The first-order valence-corrected chi connectivity index (χ1v) is 9.09. The summed E-state index contributed by atoms with van der Waals surface area (Å²) in [6.45, 7) is 2.64. The van der Waals surface area contributed by atoms with Gasteiger partial charge in [-0.25, -0.2) is 0 Å². The minimum Gasteiger partial charge on any atom is -0.345 e. The molecule has 2 rings (SSSR count). The summed E-state index contributed by atoms with van der Waals surface area (Å²) in [6.07, 6.45) is 8.38. The maximum absolute atomic E-state index is 12.2. The number of unbranched alkanes of at least 4 members (excludes halogenated alkanes) is 1. The molecule has 0 aromatic heterocycles. The third-order valence-electron chi connectivity index (χ3n) is 4.59. The van der Waals surface area contributed by atoms with Crippen molar-refractivity contribution in [2.45, 2.75) is 51.9 Å². The van der Waals surface area contributed by atoms with Gasteiger partial charge in [0.2, 0.25) is 5.91 Å². The second-order valence-electron chi connectivity index (χ2n) is 6.39. The number of nitrogens with one attached hydrogen (secondary N) is 1. The molecule has 1 aromatic rings. The van der Waals surface area contributed by atoms with Gasteiger partial charge in [-0.05, 0) is 49.8 Å². The average molecular weight is 332 g/mol. The smallest absolute Gasteiger partial charge is 0.223 e. The zero-order chi connectivity index (χ0) is 16.5. The fourth-order valence-electron chi connectivity index (χ4n) is 3.19. The lowest BCUT2D eigenvalue weighted by atomic mass is 9.79. The van der Waals surface area contributed by atoms with E-state index in [2.05, 4.69) is 24.1 Å². The van der Waals surface area contributed by atoms with Crippen molar-refractivity contribution >= 4 is 17.5 Å². The number of rotatable bonds is 5. The van der Waals surface area contributed by atoms with Crippen LogP contribution in [0.3, 0.4) is 0 Å². The van der Waals surface area contributed by atoms with Crippen LogP contribution in [0.15, 0.2) is 24.3 Å². The Kier molecular flexibility index (Phi) is 7.49. The molecule has 124 valence electrons. The molecule has 0 heterocycles. The summed E-state index contributed by atoms with van der Waals surface area (Å²) in [5.74, 6) is 7.20. The topological polar surface area (TPSA) is 29.1 Å². The molecular formula is C20H26ClNO. The zero-order valence-electron chi connectivity index (χ0n) is 13.9. The first-order valence-electron chi connectivity index (χ1n) is 8.71. The minimum absolute atomic E-state index is 0.166. The number of carbonyl (C=O) groups is 1. The van der Waals surface area contributed by atoms with Crippen molar-refractivity contribution in [2.24, 2.45) is 11.8 Å². The second-order valence-corrected chi connectivity index (χ2v) is 6.83. The molecule has 1 fully saturated rings. The lowest BCUT2D eigenvalue weighted by Gasteiger charge is -2.27. The molecule has 1 N–H and O–H groups in total. The quantitative estimate of drug-likeness (QED) is 0.771. The number of amides is 1. The number of carbonyl (C=O) groups excluding carboxylic acids is 1. The van der Waals surface area contributed by atoms with Crippen LogP contribution in [0, 0.1) is 23.7 Å². The van der Waals surface area contributed by atoms with Gasteiger partial charge in [0, 0.05) is 16.5 Å². The van der Waals surface area contributed by atoms with Gasteiger partial charge >= 0.3 is 0 Å². The van der Waals surface area contributed by atoms with Crippen LogP contribution < -0.4 is 5.32 Å². The van der Waals surface area contributed by atoms with E-state index in [1.807, 2.05) is 24.3 Å². The summed E-state index contributed by atoms with van der Waals surface area (Å²) in [4.78, 5) is 12.2. The molecular weight excluding hydrogens is 306 g/mol. The monoisotopic (exact) mass is 331 g/mol. The Balaban J connectivity index is 1.70. The molecule has 0 saturated heterocycles. The molecule has 3 heteroatoms. The van der Waals surface area contributed by atoms with E-state index in [1.54, 1.807) is 0 Å². The zero-order valence-corrected chi connectivity index (χ0v) is 14.7. The lowest BCUT2D eigenvalue weighted by Crippen LogP contribution is -2.33. The fraction of sp³-hybridized carbons (Fsp3) is 0.550. The van der Waals surface area contributed by atoms with Crippen molar-refractivity contribution in [1.29, 1.82) is 0 Å². The summed E-state index contributed by atoms with van der Waals surface area (Å²) in [7, 11) is 0. The molecule has 0 unspecified atom stereocenters. The van der Waals surface area contributed by atoms with Crippen LogP contribution in [0.5, 0.6) is 0 Å². The molecule has 1 aromatic carbocycles. The van der Waals surface area contributed by atoms with Crippen molar-refractivity contribution in [3.05, 3.63) is 34.9 Å². The van der Waals surface area contributed by atoms with Crippen molar-refractivity contribution in [2.75, 3.05) is 6.54 Å². The number of benzene rings is 1. The summed E-state index contributed by atoms with van der Waals surface area (Å²) < 4.78 is 0. The second kappa shape index (κ2) is 9.63. The molecule has 1 aliphatic rings. The standard InChI is InChI=1S/C20H26ClNO/c1-2-3-6-16-10-12-18(13-11-16)20(23)22-14-5-8-17-7-4-9-19(21)15-17/h4,7,9,15-16,18H,2-3,6,10-14H2,1H3,(H,22,23). The van der Waals surface area contributed by atoms with Crippen molar-refractivity contribution < 1.29 is 4.79 Å². The summed E-state index contributed by atoms with van der Waals surface area (Å²) in [5.41, 5.74) is 0.878. The highest BCUT2D eigenvalue weighted by molar-refractivity contribution is 6.30. The fourth-order valence-corrected chi connectivity index (χ4v) is 3.38. The van der Waals surface area contributed by atoms with Crippen molar-refractivity contribution in [1.82, 2.24) is 5.32 Å². The van der Waals surface area contributed by atoms with Gasteiger partial charge in [0.05, 0.1) is 6.54 Å². The summed E-state index contributed by atoms with van der Waals surface area (Å²) in [5, 5.41) is 3.63. The number of halogens is 1. The third kappa shape index (κ3) is 6.28. The number of hydrogen-bond acceptors (Lipinski definition) is 1. The van der Waals surface area contributed by atoms with Crippen LogP contribution in [0.2, 0.25) is 5.02 Å². The highest BCUT2D eigenvalue weighted by atomic mass is 35.5. The molecule has 1 amide bonds. The van der Waals surface area contributed by atoms with E-state index in [-0.39, 0.29) is 11.8 Å². The third-order valence-corrected chi connectivity index (χ3v) is 4.83. The van der Waals surface area contributed by atoms with Crippen LogP contribution in [0.1, 0.15) is 57.4 Å². The Morgan fingerprint density at radius 2 is 2.09 bits per heavy atom. The highest BCUT2D eigenvalue weighted by Gasteiger charge is 2.25. The predicted molar refractivity (Wildman–Crippen MR) is 96.3 cm³/mol. The van der Waals surface area contributed by atoms with Gasteiger partial charge in [-0.3, -0.25) is 4.79 Å². The molecule has 0 aliphatic heterocycles. The van der Waals surface area contributed by atoms with Gasteiger partial charge in [0.1, 0.15) is 0 Å². The van der Waals surface area contributed by atoms with E-state index in [9.17, 15) is 4.79 Å². The Labute approximate surface area is 145 Å². The Hall–Kier alpha value is -1.46. The average Bonchev–Trinajstić information content (AvgIpc) is 2.57. The predicted octanol–water partition coefficient (Wildman–Crippen LogP) is 4.80. The molecule has 1 aliphatic carbocycles.